The molecule has 0 amide bonds. The summed E-state index contributed by atoms with van der Waals surface area (Å²) in [6.07, 6.45) is 3.19. The third kappa shape index (κ3) is 6.55. The maximum absolute atomic E-state index is 5.07. The summed E-state index contributed by atoms with van der Waals surface area (Å²) in [5.41, 5.74) is 4.78. The lowest BCUT2D eigenvalue weighted by molar-refractivity contribution is 0.386. The minimum atomic E-state index is 0.546. The lowest BCUT2D eigenvalue weighted by atomic mass is 10.1. The van der Waals surface area contributed by atoms with Crippen LogP contribution in [0.4, 0.5) is 0 Å². The highest BCUT2D eigenvalue weighted by Crippen LogP contribution is 2.25. The predicted octanol–water partition coefficient (Wildman–Crippen LogP) is 6.83. The van der Waals surface area contributed by atoms with Gasteiger partial charge in [-0.15, -0.1) is 0 Å². The van der Waals surface area contributed by atoms with Crippen molar-refractivity contribution in [2.24, 2.45) is 0 Å². The van der Waals surface area contributed by atoms with E-state index in [1.165, 1.54) is 35.0 Å². The van der Waals surface area contributed by atoms with Crippen molar-refractivity contribution in [1.29, 1.82) is 0 Å². The Labute approximate surface area is 199 Å². The smallest absolute Gasteiger partial charge is 0.213 e. The maximum Gasteiger partial charge on any atom is 0.213 e. The Bertz CT molecular complexity index is 1140. The molecule has 0 spiro atoms. The molecule has 2 aromatic heterocycles. The summed E-state index contributed by atoms with van der Waals surface area (Å²) in [4.78, 5) is 6.74. The molecule has 0 aliphatic carbocycles. The van der Waals surface area contributed by atoms with E-state index < -0.39 is 0 Å². The fourth-order valence-electron chi connectivity index (χ4n) is 3.94. The van der Waals surface area contributed by atoms with E-state index in [0.717, 1.165) is 17.4 Å². The number of pyridine rings is 1. The van der Waals surface area contributed by atoms with Gasteiger partial charge in [0.05, 0.1) is 30.4 Å². The Morgan fingerprint density at radius 1 is 0.939 bits per heavy atom. The van der Waals surface area contributed by atoms with Gasteiger partial charge >= 0.3 is 0 Å². The van der Waals surface area contributed by atoms with Crippen molar-refractivity contribution in [2.75, 3.05) is 27.2 Å². The van der Waals surface area contributed by atoms with Crippen molar-refractivity contribution in [3.05, 3.63) is 65.9 Å². The average molecular weight is 449 g/mol. The predicted molar refractivity (Wildman–Crippen MR) is 141 cm³/mol. The fraction of sp³-hybridized carbons (Fsp3) is 0.429. The number of nitrogens with zero attached hydrogens (tertiary/aromatic N) is 4. The van der Waals surface area contributed by atoms with E-state index in [0.29, 0.717) is 11.9 Å². The van der Waals surface area contributed by atoms with Crippen LogP contribution in [0.1, 0.15) is 51.3 Å². The molecule has 1 saturated heterocycles. The molecule has 1 aliphatic rings. The van der Waals surface area contributed by atoms with Gasteiger partial charge in [0, 0.05) is 23.4 Å². The highest BCUT2D eigenvalue weighted by molar-refractivity contribution is 5.82. The largest absolute Gasteiger partial charge is 0.481 e. The second kappa shape index (κ2) is 12.9. The fourth-order valence-corrected chi connectivity index (χ4v) is 3.94. The standard InChI is InChI=1S/C13H17N3.C11H11NO.2C2H6/c1-10-3-4-11-8-14-16(13(11)7-10)12-5-6-15(2)9-12;1-8-4-3-5-9-6-7-10(13-2)12-11(8)9;2*1-2/h3-4,7-8,12H,5-6,9H2,1-2H3;3-7H,1-2H3;2*1-2H3. The third-order valence-corrected chi connectivity index (χ3v) is 5.57. The Hall–Kier alpha value is -2.92. The number of hydrogen-bond donors (Lipinski definition) is 0. The Morgan fingerprint density at radius 3 is 2.33 bits per heavy atom. The van der Waals surface area contributed by atoms with Gasteiger partial charge in [-0.1, -0.05) is 58.0 Å². The van der Waals surface area contributed by atoms with E-state index in [-0.39, 0.29) is 0 Å². The molecule has 4 aromatic rings. The molecule has 0 N–H and O–H groups in total. The zero-order chi connectivity index (χ0) is 24.4. The van der Waals surface area contributed by atoms with Crippen LogP contribution in [0.2, 0.25) is 0 Å². The number of fused-ring (bicyclic) bond motifs is 2. The molecule has 3 heterocycles. The molecular weight excluding hydrogens is 408 g/mol. The topological polar surface area (TPSA) is 43.2 Å². The van der Waals surface area contributed by atoms with E-state index in [4.69, 9.17) is 4.74 Å². The summed E-state index contributed by atoms with van der Waals surface area (Å²) >= 11 is 0. The van der Waals surface area contributed by atoms with Crippen molar-refractivity contribution >= 4 is 21.8 Å². The van der Waals surface area contributed by atoms with Crippen molar-refractivity contribution in [1.82, 2.24) is 19.7 Å². The highest BCUT2D eigenvalue weighted by atomic mass is 16.5. The minimum absolute atomic E-state index is 0.546. The second-order valence-electron chi connectivity index (χ2n) is 7.86. The lowest BCUT2D eigenvalue weighted by Crippen LogP contribution is -2.17. The van der Waals surface area contributed by atoms with Crippen molar-refractivity contribution in [3.8, 4) is 5.88 Å². The molecule has 2 aromatic carbocycles. The van der Waals surface area contributed by atoms with Crippen molar-refractivity contribution in [3.63, 3.8) is 0 Å². The first kappa shape index (κ1) is 26.3. The van der Waals surface area contributed by atoms with Crippen LogP contribution in [-0.2, 0) is 0 Å². The van der Waals surface area contributed by atoms with Gasteiger partial charge in [-0.05, 0) is 57.1 Å². The van der Waals surface area contributed by atoms with Gasteiger partial charge in [0.15, 0.2) is 0 Å². The van der Waals surface area contributed by atoms with Gasteiger partial charge in [0.2, 0.25) is 5.88 Å². The van der Waals surface area contributed by atoms with Crippen LogP contribution in [0.25, 0.3) is 21.8 Å². The van der Waals surface area contributed by atoms with Crippen molar-refractivity contribution < 1.29 is 4.74 Å². The molecule has 1 unspecified atom stereocenters. The van der Waals surface area contributed by atoms with E-state index in [9.17, 15) is 0 Å². The number of benzene rings is 2. The molecule has 0 saturated carbocycles. The Morgan fingerprint density at radius 2 is 1.67 bits per heavy atom. The summed E-state index contributed by atoms with van der Waals surface area (Å²) < 4.78 is 7.27. The maximum atomic E-state index is 5.07. The molecule has 1 fully saturated rings. The monoisotopic (exact) mass is 448 g/mol. The Balaban J connectivity index is 0.000000207. The van der Waals surface area contributed by atoms with Crippen LogP contribution in [0.5, 0.6) is 5.88 Å². The molecule has 0 bridgehead atoms. The van der Waals surface area contributed by atoms with E-state index in [1.54, 1.807) is 7.11 Å². The first-order chi connectivity index (χ1) is 16.0. The van der Waals surface area contributed by atoms with Crippen LogP contribution in [-0.4, -0.2) is 46.9 Å². The molecule has 1 aliphatic heterocycles. The van der Waals surface area contributed by atoms with Crippen LogP contribution >= 0.6 is 0 Å². The molecule has 5 nitrogen and oxygen atoms in total. The van der Waals surface area contributed by atoms with Crippen LogP contribution in [0.3, 0.4) is 0 Å². The lowest BCUT2D eigenvalue weighted by Gasteiger charge is -2.12. The minimum Gasteiger partial charge on any atom is -0.481 e. The first-order valence-electron chi connectivity index (χ1n) is 12.1. The normalized spacial score (nSPS) is 15.1. The Kier molecular flexibility index (Phi) is 10.3. The highest BCUT2D eigenvalue weighted by Gasteiger charge is 2.22. The van der Waals surface area contributed by atoms with Gasteiger partial charge in [-0.25, -0.2) is 4.98 Å². The number of para-hydroxylation sites is 1. The van der Waals surface area contributed by atoms with E-state index >= 15 is 0 Å². The molecular formula is C28H40N4O. The van der Waals surface area contributed by atoms with Gasteiger partial charge in [-0.2, -0.15) is 5.10 Å². The number of aryl methyl sites for hydroxylation is 2. The summed E-state index contributed by atoms with van der Waals surface area (Å²) in [5, 5.41) is 6.95. The molecule has 5 heteroatoms. The summed E-state index contributed by atoms with van der Waals surface area (Å²) in [5.74, 6) is 0.668. The van der Waals surface area contributed by atoms with Gasteiger partial charge in [0.25, 0.3) is 0 Å². The van der Waals surface area contributed by atoms with Gasteiger partial charge in [-0.3, -0.25) is 4.68 Å². The molecule has 178 valence electrons. The molecule has 33 heavy (non-hydrogen) atoms. The van der Waals surface area contributed by atoms with Crippen LogP contribution < -0.4 is 4.74 Å². The summed E-state index contributed by atoms with van der Waals surface area (Å²) in [6, 6.07) is 17.1. The number of rotatable bonds is 2. The summed E-state index contributed by atoms with van der Waals surface area (Å²) in [7, 11) is 3.81. The number of ether oxygens (including phenoxy) is 1. The van der Waals surface area contributed by atoms with E-state index in [1.807, 2.05) is 52.1 Å². The quantitative estimate of drug-likeness (QED) is 0.337. The second-order valence-corrected chi connectivity index (χ2v) is 7.86. The number of likely N-dealkylation sites (N-methyl/N-ethyl adjacent to an activating group) is 1. The van der Waals surface area contributed by atoms with Gasteiger partial charge < -0.3 is 9.64 Å². The van der Waals surface area contributed by atoms with Crippen molar-refractivity contribution in [2.45, 2.75) is 54.0 Å². The zero-order valence-electron chi connectivity index (χ0n) is 21.6. The molecule has 0 radical (unpaired) electrons. The van der Waals surface area contributed by atoms with Gasteiger partial charge in [0.1, 0.15) is 0 Å². The number of methoxy groups -OCH3 is 1. The number of hydrogen-bond acceptors (Lipinski definition) is 4. The zero-order valence-corrected chi connectivity index (χ0v) is 21.6. The van der Waals surface area contributed by atoms with E-state index in [2.05, 4.69) is 70.9 Å². The molecule has 1 atom stereocenters. The number of likely N-dealkylation sites (tertiary alicyclic amines) is 1. The average Bonchev–Trinajstić information content (AvgIpc) is 3.47. The first-order valence-corrected chi connectivity index (χ1v) is 12.1. The van der Waals surface area contributed by atoms with Crippen LogP contribution in [0, 0.1) is 13.8 Å². The van der Waals surface area contributed by atoms with Crippen LogP contribution in [0.15, 0.2) is 54.7 Å². The SMILES string of the molecule is CC.CC.COc1ccc2cccc(C)c2n1.Cc1ccc2cnn(C3CCN(C)C3)c2c1. The summed E-state index contributed by atoms with van der Waals surface area (Å²) in [6.45, 7) is 14.5. The number of aromatic nitrogens is 3. The molecule has 5 rings (SSSR count). The third-order valence-electron chi connectivity index (χ3n) is 5.57.